The summed E-state index contributed by atoms with van der Waals surface area (Å²) in [7, 11) is 1.67. The molecular formula is C17H22N6O2. The second kappa shape index (κ2) is 7.43. The van der Waals surface area contributed by atoms with Gasteiger partial charge in [-0.15, -0.1) is 10.2 Å². The molecule has 0 saturated heterocycles. The molecule has 0 aliphatic carbocycles. The second-order valence-corrected chi connectivity index (χ2v) is 5.97. The van der Waals surface area contributed by atoms with Crippen molar-refractivity contribution >= 4 is 11.6 Å². The number of aryl methyl sites for hydroxylation is 2. The topological polar surface area (TPSA) is 86.3 Å². The van der Waals surface area contributed by atoms with Crippen molar-refractivity contribution < 1.29 is 9.53 Å². The third-order valence-electron chi connectivity index (χ3n) is 4.04. The molecule has 132 valence electrons. The van der Waals surface area contributed by atoms with Crippen LogP contribution in [-0.4, -0.2) is 43.8 Å². The fourth-order valence-corrected chi connectivity index (χ4v) is 2.75. The molecule has 0 aliphatic rings. The van der Waals surface area contributed by atoms with E-state index in [2.05, 4.69) is 20.5 Å². The van der Waals surface area contributed by atoms with Gasteiger partial charge in [-0.1, -0.05) is 6.07 Å². The first-order chi connectivity index (χ1) is 12.1. The Bertz CT molecular complexity index is 869. The second-order valence-electron chi connectivity index (χ2n) is 5.97. The van der Waals surface area contributed by atoms with Gasteiger partial charge in [0.25, 0.3) is 5.91 Å². The Hall–Kier alpha value is -2.74. The first-order valence-electron chi connectivity index (χ1n) is 8.22. The van der Waals surface area contributed by atoms with Crippen LogP contribution in [0.3, 0.4) is 0 Å². The third-order valence-corrected chi connectivity index (χ3v) is 4.04. The zero-order chi connectivity index (χ0) is 17.8. The highest BCUT2D eigenvalue weighted by Crippen LogP contribution is 2.13. The van der Waals surface area contributed by atoms with Gasteiger partial charge in [-0.05, 0) is 31.9 Å². The molecule has 8 heteroatoms. The van der Waals surface area contributed by atoms with Gasteiger partial charge in [0.2, 0.25) is 0 Å². The van der Waals surface area contributed by atoms with E-state index in [4.69, 9.17) is 4.74 Å². The Morgan fingerprint density at radius 1 is 1.44 bits per heavy atom. The lowest BCUT2D eigenvalue weighted by Gasteiger charge is -2.14. The van der Waals surface area contributed by atoms with E-state index in [0.717, 1.165) is 24.2 Å². The highest BCUT2D eigenvalue weighted by molar-refractivity contribution is 5.93. The van der Waals surface area contributed by atoms with Crippen molar-refractivity contribution in [1.82, 2.24) is 29.5 Å². The maximum Gasteiger partial charge on any atom is 0.272 e. The molecule has 8 nitrogen and oxygen atoms in total. The van der Waals surface area contributed by atoms with Crippen LogP contribution in [0.4, 0.5) is 0 Å². The Kier molecular flexibility index (Phi) is 5.08. The standard InChI is InChI=1S/C17H22N6O2/c1-12-6-4-7-22-10-14(20-15(12)22)17(24)19-13(2)16-21-18-11-23(16)8-5-9-25-3/h4,6-7,10-11,13H,5,8-9H2,1-3H3,(H,19,24)/t13-/m1/s1. The number of amides is 1. The van der Waals surface area contributed by atoms with Crippen LogP contribution in [0, 0.1) is 6.92 Å². The number of rotatable bonds is 7. The van der Waals surface area contributed by atoms with Crippen LogP contribution in [0.5, 0.6) is 0 Å². The van der Waals surface area contributed by atoms with Crippen molar-refractivity contribution in [2.75, 3.05) is 13.7 Å². The molecule has 3 heterocycles. The number of aromatic nitrogens is 5. The molecule has 0 saturated carbocycles. The summed E-state index contributed by atoms with van der Waals surface area (Å²) in [6.07, 6.45) is 6.13. The number of fused-ring (bicyclic) bond motifs is 1. The number of nitrogens with zero attached hydrogens (tertiary/aromatic N) is 5. The minimum Gasteiger partial charge on any atom is -0.385 e. The van der Waals surface area contributed by atoms with Gasteiger partial charge >= 0.3 is 0 Å². The smallest absolute Gasteiger partial charge is 0.272 e. The maximum absolute atomic E-state index is 12.5. The van der Waals surface area contributed by atoms with Gasteiger partial charge in [0.1, 0.15) is 17.7 Å². The van der Waals surface area contributed by atoms with Gasteiger partial charge < -0.3 is 19.0 Å². The van der Waals surface area contributed by atoms with Gasteiger partial charge in [-0.2, -0.15) is 0 Å². The normalized spacial score (nSPS) is 12.4. The minimum atomic E-state index is -0.275. The molecule has 0 unspecified atom stereocenters. The number of imidazole rings is 1. The number of nitrogens with one attached hydrogen (secondary N) is 1. The highest BCUT2D eigenvalue weighted by atomic mass is 16.5. The summed E-state index contributed by atoms with van der Waals surface area (Å²) in [5, 5.41) is 11.0. The van der Waals surface area contributed by atoms with E-state index in [-0.39, 0.29) is 11.9 Å². The van der Waals surface area contributed by atoms with E-state index < -0.39 is 0 Å². The number of hydrogen-bond acceptors (Lipinski definition) is 5. The summed E-state index contributed by atoms with van der Waals surface area (Å²) in [5.74, 6) is 0.478. The lowest BCUT2D eigenvalue weighted by molar-refractivity contribution is 0.0933. The number of hydrogen-bond donors (Lipinski definition) is 1. The monoisotopic (exact) mass is 342 g/mol. The predicted octanol–water partition coefficient (Wildman–Crippen LogP) is 1.76. The molecule has 0 spiro atoms. The summed E-state index contributed by atoms with van der Waals surface area (Å²) in [5.41, 5.74) is 2.18. The first-order valence-corrected chi connectivity index (χ1v) is 8.22. The van der Waals surface area contributed by atoms with E-state index in [0.29, 0.717) is 18.1 Å². The number of methoxy groups -OCH3 is 1. The molecule has 3 aromatic rings. The molecule has 0 fully saturated rings. The van der Waals surface area contributed by atoms with Gasteiger partial charge in [-0.25, -0.2) is 4.98 Å². The van der Waals surface area contributed by atoms with Crippen LogP contribution in [0.15, 0.2) is 30.9 Å². The lowest BCUT2D eigenvalue weighted by Crippen LogP contribution is -2.29. The minimum absolute atomic E-state index is 0.234. The molecule has 0 aromatic carbocycles. The zero-order valence-corrected chi connectivity index (χ0v) is 14.6. The fraction of sp³-hybridized carbons (Fsp3) is 0.412. The van der Waals surface area contributed by atoms with E-state index in [1.54, 1.807) is 19.6 Å². The van der Waals surface area contributed by atoms with Crippen molar-refractivity contribution in [3.63, 3.8) is 0 Å². The van der Waals surface area contributed by atoms with Crippen molar-refractivity contribution in [2.45, 2.75) is 32.9 Å². The summed E-state index contributed by atoms with van der Waals surface area (Å²) in [6.45, 7) is 5.26. The molecular weight excluding hydrogens is 320 g/mol. The van der Waals surface area contributed by atoms with E-state index in [1.165, 1.54) is 0 Å². The SMILES string of the molecule is COCCCn1cnnc1[C@@H](C)NC(=O)c1cn2cccc(C)c2n1. The zero-order valence-electron chi connectivity index (χ0n) is 14.6. The number of pyridine rings is 1. The number of ether oxygens (including phenoxy) is 1. The average Bonchev–Trinajstić information content (AvgIpc) is 3.22. The quantitative estimate of drug-likeness (QED) is 0.661. The maximum atomic E-state index is 12.5. The fourth-order valence-electron chi connectivity index (χ4n) is 2.75. The summed E-state index contributed by atoms with van der Waals surface area (Å²) >= 11 is 0. The largest absolute Gasteiger partial charge is 0.385 e. The molecule has 3 rings (SSSR count). The van der Waals surface area contributed by atoms with Crippen molar-refractivity contribution in [3.8, 4) is 0 Å². The Labute approximate surface area is 145 Å². The molecule has 25 heavy (non-hydrogen) atoms. The third kappa shape index (κ3) is 3.69. The van der Waals surface area contributed by atoms with Crippen molar-refractivity contribution in [1.29, 1.82) is 0 Å². The average molecular weight is 342 g/mol. The molecule has 0 aliphatic heterocycles. The van der Waals surface area contributed by atoms with Gasteiger partial charge in [0.05, 0.1) is 6.04 Å². The Morgan fingerprint density at radius 2 is 2.28 bits per heavy atom. The van der Waals surface area contributed by atoms with Crippen LogP contribution in [0.1, 0.15) is 41.3 Å². The Morgan fingerprint density at radius 3 is 3.04 bits per heavy atom. The van der Waals surface area contributed by atoms with Gasteiger partial charge in [-0.3, -0.25) is 4.79 Å². The highest BCUT2D eigenvalue weighted by Gasteiger charge is 2.18. The van der Waals surface area contributed by atoms with Crippen LogP contribution in [0.2, 0.25) is 0 Å². The summed E-state index contributed by atoms with van der Waals surface area (Å²) < 4.78 is 8.84. The van der Waals surface area contributed by atoms with Crippen LogP contribution in [-0.2, 0) is 11.3 Å². The van der Waals surface area contributed by atoms with Crippen LogP contribution >= 0.6 is 0 Å². The van der Waals surface area contributed by atoms with Crippen LogP contribution in [0.25, 0.3) is 5.65 Å². The molecule has 1 atom stereocenters. The predicted molar refractivity (Wildman–Crippen MR) is 92.3 cm³/mol. The van der Waals surface area contributed by atoms with Crippen molar-refractivity contribution in [2.24, 2.45) is 0 Å². The van der Waals surface area contributed by atoms with Gasteiger partial charge in [0, 0.05) is 32.7 Å². The molecule has 0 radical (unpaired) electrons. The van der Waals surface area contributed by atoms with Crippen LogP contribution < -0.4 is 5.32 Å². The van der Waals surface area contributed by atoms with Crippen molar-refractivity contribution in [3.05, 3.63) is 47.9 Å². The Balaban J connectivity index is 1.72. The molecule has 1 N–H and O–H groups in total. The first kappa shape index (κ1) is 17.1. The number of carbonyl (C=O) groups is 1. The van der Waals surface area contributed by atoms with E-state index >= 15 is 0 Å². The van der Waals surface area contributed by atoms with Gasteiger partial charge in [0.15, 0.2) is 5.82 Å². The molecule has 0 bridgehead atoms. The number of carbonyl (C=O) groups excluding carboxylic acids is 1. The summed E-state index contributed by atoms with van der Waals surface area (Å²) in [6, 6.07) is 3.62. The van der Waals surface area contributed by atoms with E-state index in [9.17, 15) is 4.79 Å². The summed E-state index contributed by atoms with van der Waals surface area (Å²) in [4.78, 5) is 17.0. The molecule has 3 aromatic heterocycles. The van der Waals surface area contributed by atoms with E-state index in [1.807, 2.05) is 41.1 Å². The lowest BCUT2D eigenvalue weighted by atomic mass is 10.3. The molecule has 1 amide bonds.